The van der Waals surface area contributed by atoms with Gasteiger partial charge in [-0.2, -0.15) is 0 Å². The smallest absolute Gasteiger partial charge is 0.0658 e. The molecule has 16 heavy (non-hydrogen) atoms. The monoisotopic (exact) mass is 222 g/mol. The van der Waals surface area contributed by atoms with Crippen molar-refractivity contribution in [3.63, 3.8) is 0 Å². The second-order valence-electron chi connectivity index (χ2n) is 7.71. The van der Waals surface area contributed by atoms with E-state index in [1.165, 1.54) is 25.7 Å². The van der Waals surface area contributed by atoms with E-state index in [4.69, 9.17) is 0 Å². The molecule has 4 aliphatic rings. The summed E-state index contributed by atoms with van der Waals surface area (Å²) in [6.07, 6.45) is 6.49. The van der Waals surface area contributed by atoms with Gasteiger partial charge in [-0.15, -0.1) is 0 Å². The zero-order valence-corrected chi connectivity index (χ0v) is 11.2. The lowest BCUT2D eigenvalue weighted by molar-refractivity contribution is -0.216. The van der Waals surface area contributed by atoms with Crippen LogP contribution in [0.3, 0.4) is 0 Å². The first-order valence-electron chi connectivity index (χ1n) is 7.03. The molecule has 4 aliphatic carbocycles. The van der Waals surface area contributed by atoms with E-state index < -0.39 is 5.60 Å². The number of fused-ring (bicyclic) bond motifs is 2. The number of aliphatic hydroxyl groups is 1. The zero-order chi connectivity index (χ0) is 11.8. The molecule has 0 saturated heterocycles. The molecule has 0 aliphatic heterocycles. The van der Waals surface area contributed by atoms with Crippen molar-refractivity contribution in [2.45, 2.75) is 65.4 Å². The van der Waals surface area contributed by atoms with Gasteiger partial charge < -0.3 is 5.11 Å². The van der Waals surface area contributed by atoms with E-state index in [1.54, 1.807) is 0 Å². The molecule has 1 spiro atoms. The van der Waals surface area contributed by atoms with Gasteiger partial charge in [-0.25, -0.2) is 0 Å². The highest BCUT2D eigenvalue weighted by Crippen LogP contribution is 2.72. The lowest BCUT2D eigenvalue weighted by atomic mass is 9.41. The SMILES string of the molecule is C[C@H]1CC[C@H]2C(C)(C)[C@@H]3CC[C@@]12C[C@@]3(C)O. The molecule has 4 fully saturated rings. The summed E-state index contributed by atoms with van der Waals surface area (Å²) in [4.78, 5) is 0. The van der Waals surface area contributed by atoms with Crippen LogP contribution in [0.1, 0.15) is 59.8 Å². The Kier molecular flexibility index (Phi) is 1.98. The van der Waals surface area contributed by atoms with Crippen molar-refractivity contribution in [2.24, 2.45) is 28.6 Å². The Morgan fingerprint density at radius 3 is 2.31 bits per heavy atom. The summed E-state index contributed by atoms with van der Waals surface area (Å²) >= 11 is 0. The molecule has 4 saturated carbocycles. The fraction of sp³-hybridized carbons (Fsp3) is 1.00. The van der Waals surface area contributed by atoms with E-state index in [1.807, 2.05) is 0 Å². The highest BCUT2D eigenvalue weighted by atomic mass is 16.3. The Bertz CT molecular complexity index is 317. The third-order valence-corrected chi connectivity index (χ3v) is 6.70. The first-order valence-corrected chi connectivity index (χ1v) is 7.03. The molecule has 0 aromatic heterocycles. The van der Waals surface area contributed by atoms with Gasteiger partial charge in [-0.05, 0) is 67.6 Å². The molecule has 92 valence electrons. The molecule has 2 bridgehead atoms. The van der Waals surface area contributed by atoms with E-state index in [2.05, 4.69) is 27.7 Å². The number of hydrogen-bond donors (Lipinski definition) is 1. The van der Waals surface area contributed by atoms with Crippen LogP contribution in [0.2, 0.25) is 0 Å². The van der Waals surface area contributed by atoms with Crippen LogP contribution in [0.4, 0.5) is 0 Å². The molecule has 0 aromatic carbocycles. The molecule has 0 aromatic rings. The Labute approximate surface area is 99.6 Å². The van der Waals surface area contributed by atoms with Crippen LogP contribution in [0.15, 0.2) is 0 Å². The summed E-state index contributed by atoms with van der Waals surface area (Å²) in [5.41, 5.74) is 0.420. The van der Waals surface area contributed by atoms with Gasteiger partial charge in [0.05, 0.1) is 5.60 Å². The standard InChI is InChI=1S/C15H26O/c1-10-5-6-12-13(2,3)11-7-8-15(10,12)9-14(11,4)16/h10-12,16H,5-9H2,1-4H3/t10-,11-,12-,14+,15+/m0/s1. The summed E-state index contributed by atoms with van der Waals surface area (Å²) in [7, 11) is 0. The lowest BCUT2D eigenvalue weighted by Crippen LogP contribution is -2.63. The Morgan fingerprint density at radius 1 is 1.00 bits per heavy atom. The van der Waals surface area contributed by atoms with Crippen LogP contribution in [-0.4, -0.2) is 10.7 Å². The Morgan fingerprint density at radius 2 is 1.69 bits per heavy atom. The quantitative estimate of drug-likeness (QED) is 0.664. The predicted octanol–water partition coefficient (Wildman–Crippen LogP) is 3.61. The average molecular weight is 222 g/mol. The van der Waals surface area contributed by atoms with E-state index in [0.29, 0.717) is 16.7 Å². The molecule has 1 nitrogen and oxygen atoms in total. The van der Waals surface area contributed by atoms with E-state index in [0.717, 1.165) is 18.3 Å². The second kappa shape index (κ2) is 2.85. The normalized spacial score (nSPS) is 58.7. The lowest BCUT2D eigenvalue weighted by Gasteiger charge is -2.65. The highest BCUT2D eigenvalue weighted by Gasteiger charge is 2.67. The molecule has 0 unspecified atom stereocenters. The van der Waals surface area contributed by atoms with Crippen LogP contribution in [0.5, 0.6) is 0 Å². The summed E-state index contributed by atoms with van der Waals surface area (Å²) in [6.45, 7) is 9.36. The van der Waals surface area contributed by atoms with Crippen LogP contribution < -0.4 is 0 Å². The van der Waals surface area contributed by atoms with Gasteiger partial charge in [0.2, 0.25) is 0 Å². The van der Waals surface area contributed by atoms with Gasteiger partial charge in [0.25, 0.3) is 0 Å². The number of hydrogen-bond acceptors (Lipinski definition) is 1. The van der Waals surface area contributed by atoms with Gasteiger partial charge in [0, 0.05) is 0 Å². The maximum Gasteiger partial charge on any atom is 0.0658 e. The van der Waals surface area contributed by atoms with Gasteiger partial charge >= 0.3 is 0 Å². The Hall–Kier alpha value is -0.0400. The first-order chi connectivity index (χ1) is 7.31. The molecule has 1 N–H and O–H groups in total. The summed E-state index contributed by atoms with van der Waals surface area (Å²) < 4.78 is 0. The van der Waals surface area contributed by atoms with E-state index >= 15 is 0 Å². The van der Waals surface area contributed by atoms with Gasteiger partial charge in [-0.3, -0.25) is 0 Å². The Balaban J connectivity index is 2.10. The van der Waals surface area contributed by atoms with Crippen molar-refractivity contribution >= 4 is 0 Å². The minimum Gasteiger partial charge on any atom is -0.390 e. The van der Waals surface area contributed by atoms with Gasteiger partial charge in [0.1, 0.15) is 0 Å². The molecule has 0 radical (unpaired) electrons. The molecule has 1 heteroatoms. The van der Waals surface area contributed by atoms with Gasteiger partial charge in [-0.1, -0.05) is 20.8 Å². The van der Waals surface area contributed by atoms with Crippen molar-refractivity contribution in [1.29, 1.82) is 0 Å². The zero-order valence-electron chi connectivity index (χ0n) is 11.2. The predicted molar refractivity (Wildman–Crippen MR) is 66.1 cm³/mol. The van der Waals surface area contributed by atoms with E-state index in [9.17, 15) is 5.11 Å². The summed E-state index contributed by atoms with van der Waals surface area (Å²) in [5.74, 6) is 2.22. The molecule has 0 heterocycles. The molecular weight excluding hydrogens is 196 g/mol. The molecular formula is C15H26O. The second-order valence-corrected chi connectivity index (χ2v) is 7.71. The van der Waals surface area contributed by atoms with Gasteiger partial charge in [0.15, 0.2) is 0 Å². The maximum absolute atomic E-state index is 10.8. The van der Waals surface area contributed by atoms with Crippen LogP contribution in [0, 0.1) is 28.6 Å². The first kappa shape index (κ1) is 11.1. The maximum atomic E-state index is 10.8. The topological polar surface area (TPSA) is 20.2 Å². The average Bonchev–Trinajstić information content (AvgIpc) is 2.42. The van der Waals surface area contributed by atoms with Crippen molar-refractivity contribution in [2.75, 3.05) is 0 Å². The minimum atomic E-state index is -0.406. The fourth-order valence-electron chi connectivity index (χ4n) is 6.18. The largest absolute Gasteiger partial charge is 0.390 e. The summed E-state index contributed by atoms with van der Waals surface area (Å²) in [6, 6.07) is 0. The van der Waals surface area contributed by atoms with Crippen molar-refractivity contribution in [3.05, 3.63) is 0 Å². The van der Waals surface area contributed by atoms with Crippen LogP contribution in [-0.2, 0) is 0 Å². The molecule has 5 atom stereocenters. The van der Waals surface area contributed by atoms with Crippen molar-refractivity contribution in [3.8, 4) is 0 Å². The minimum absolute atomic E-state index is 0.352. The van der Waals surface area contributed by atoms with Crippen molar-refractivity contribution < 1.29 is 5.11 Å². The van der Waals surface area contributed by atoms with Crippen LogP contribution in [0.25, 0.3) is 0 Å². The fourth-order valence-corrected chi connectivity index (χ4v) is 6.18. The summed E-state index contributed by atoms with van der Waals surface area (Å²) in [5, 5.41) is 10.8. The molecule has 4 rings (SSSR count). The van der Waals surface area contributed by atoms with Crippen LogP contribution >= 0.6 is 0 Å². The van der Waals surface area contributed by atoms with E-state index in [-0.39, 0.29) is 0 Å². The third-order valence-electron chi connectivity index (χ3n) is 6.70. The van der Waals surface area contributed by atoms with Crippen molar-refractivity contribution in [1.82, 2.24) is 0 Å². The molecule has 0 amide bonds. The third kappa shape index (κ3) is 1.06. The number of rotatable bonds is 0. The highest BCUT2D eigenvalue weighted by molar-refractivity contribution is 5.16.